The summed E-state index contributed by atoms with van der Waals surface area (Å²) >= 11 is 0. The second-order valence-corrected chi connectivity index (χ2v) is 8.62. The molecule has 1 atom stereocenters. The van der Waals surface area contributed by atoms with Gasteiger partial charge in [-0.3, -0.25) is 0 Å². The van der Waals surface area contributed by atoms with E-state index in [-0.39, 0.29) is 12.2 Å². The second kappa shape index (κ2) is 9.26. The van der Waals surface area contributed by atoms with Gasteiger partial charge < -0.3 is 19.2 Å². The molecule has 7 nitrogen and oxygen atoms in total. The third-order valence-electron chi connectivity index (χ3n) is 4.79. The number of benzene rings is 2. The van der Waals surface area contributed by atoms with Crippen LogP contribution in [0.3, 0.4) is 0 Å². The molecule has 0 saturated carbocycles. The van der Waals surface area contributed by atoms with Gasteiger partial charge in [-0.15, -0.1) is 0 Å². The van der Waals surface area contributed by atoms with E-state index in [1.54, 1.807) is 39.8 Å². The average Bonchev–Trinajstić information content (AvgIpc) is 2.69. The molecule has 3 rings (SSSR count). The molecule has 32 heavy (non-hydrogen) atoms. The van der Waals surface area contributed by atoms with Gasteiger partial charge in [0.2, 0.25) is 0 Å². The van der Waals surface area contributed by atoms with Gasteiger partial charge in [-0.2, -0.15) is 0 Å². The second-order valence-electron chi connectivity index (χ2n) is 8.62. The molecule has 3 aromatic rings. The zero-order valence-corrected chi connectivity index (χ0v) is 18.9. The number of amides is 1. The van der Waals surface area contributed by atoms with Crippen molar-refractivity contribution in [3.8, 4) is 5.75 Å². The lowest BCUT2D eigenvalue weighted by Gasteiger charge is -2.23. The van der Waals surface area contributed by atoms with Gasteiger partial charge in [-0.05, 0) is 57.9 Å². The lowest BCUT2D eigenvalue weighted by atomic mass is 10.1. The SMILES string of the molecule is Cc1cc(=O)oc2c(C)c(OC(=O)[C@H](Cc3ccccc3)NC(=O)OC(C)(C)C)ccc12. The molecule has 0 unspecified atom stereocenters. The van der Waals surface area contributed by atoms with Gasteiger partial charge in [-0.1, -0.05) is 30.3 Å². The highest BCUT2D eigenvalue weighted by Crippen LogP contribution is 2.28. The molecule has 0 saturated heterocycles. The van der Waals surface area contributed by atoms with E-state index in [0.29, 0.717) is 11.1 Å². The number of esters is 1. The molecule has 0 aliphatic heterocycles. The largest absolute Gasteiger partial charge is 0.444 e. The van der Waals surface area contributed by atoms with Gasteiger partial charge in [0.05, 0.1) is 0 Å². The molecule has 0 aliphatic carbocycles. The van der Waals surface area contributed by atoms with Crippen LogP contribution in [0.15, 0.2) is 57.7 Å². The normalized spacial score (nSPS) is 12.3. The maximum Gasteiger partial charge on any atom is 0.408 e. The fraction of sp³-hybridized carbons (Fsp3) is 0.320. The number of hydrogen-bond donors (Lipinski definition) is 1. The van der Waals surface area contributed by atoms with Crippen molar-refractivity contribution in [2.24, 2.45) is 0 Å². The van der Waals surface area contributed by atoms with Crippen LogP contribution in [0, 0.1) is 13.8 Å². The summed E-state index contributed by atoms with van der Waals surface area (Å²) in [4.78, 5) is 37.2. The smallest absolute Gasteiger partial charge is 0.408 e. The van der Waals surface area contributed by atoms with Gasteiger partial charge in [0.15, 0.2) is 0 Å². The minimum atomic E-state index is -0.980. The summed E-state index contributed by atoms with van der Waals surface area (Å²) in [5.41, 5.74) is 1.31. The van der Waals surface area contributed by atoms with Gasteiger partial charge in [0.1, 0.15) is 23.0 Å². The van der Waals surface area contributed by atoms with E-state index >= 15 is 0 Å². The summed E-state index contributed by atoms with van der Waals surface area (Å²) in [6, 6.07) is 13.1. The zero-order chi connectivity index (χ0) is 23.5. The Balaban J connectivity index is 1.88. The number of nitrogens with one attached hydrogen (secondary N) is 1. The third kappa shape index (κ3) is 5.75. The fourth-order valence-corrected chi connectivity index (χ4v) is 3.28. The first-order chi connectivity index (χ1) is 15.0. The van der Waals surface area contributed by atoms with E-state index in [1.807, 2.05) is 37.3 Å². The fourth-order valence-electron chi connectivity index (χ4n) is 3.28. The lowest BCUT2D eigenvalue weighted by molar-refractivity contribution is -0.136. The molecule has 1 aromatic heterocycles. The number of fused-ring (bicyclic) bond motifs is 1. The van der Waals surface area contributed by atoms with E-state index in [2.05, 4.69) is 5.32 Å². The van der Waals surface area contributed by atoms with Crippen molar-refractivity contribution in [1.29, 1.82) is 0 Å². The molecule has 2 aromatic carbocycles. The van der Waals surface area contributed by atoms with E-state index < -0.39 is 29.3 Å². The first-order valence-electron chi connectivity index (χ1n) is 10.3. The Morgan fingerprint density at radius 3 is 2.41 bits per heavy atom. The molecular weight excluding hydrogens is 410 g/mol. The standard InChI is InChI=1S/C25H27NO6/c1-15-13-21(27)31-22-16(2)20(12-11-18(15)22)30-23(28)19(14-17-9-7-6-8-10-17)26-24(29)32-25(3,4)5/h6-13,19H,14H2,1-5H3,(H,26,29)/t19-/m0/s1. The van der Waals surface area contributed by atoms with Crippen LogP contribution < -0.4 is 15.7 Å². The van der Waals surface area contributed by atoms with E-state index in [9.17, 15) is 14.4 Å². The first kappa shape index (κ1) is 23.1. The zero-order valence-electron chi connectivity index (χ0n) is 18.9. The van der Waals surface area contributed by atoms with Crippen molar-refractivity contribution in [3.63, 3.8) is 0 Å². The minimum Gasteiger partial charge on any atom is -0.444 e. The van der Waals surface area contributed by atoms with Crippen LogP contribution in [-0.4, -0.2) is 23.7 Å². The van der Waals surface area contributed by atoms with Gasteiger partial charge in [0, 0.05) is 23.4 Å². The van der Waals surface area contributed by atoms with Crippen LogP contribution in [0.2, 0.25) is 0 Å². The van der Waals surface area contributed by atoms with Crippen LogP contribution >= 0.6 is 0 Å². The summed E-state index contributed by atoms with van der Waals surface area (Å²) in [7, 11) is 0. The number of hydrogen-bond acceptors (Lipinski definition) is 6. The quantitative estimate of drug-likeness (QED) is 0.360. The molecule has 0 radical (unpaired) electrons. The third-order valence-corrected chi connectivity index (χ3v) is 4.79. The van der Waals surface area contributed by atoms with Crippen molar-refractivity contribution in [3.05, 3.63) is 75.6 Å². The van der Waals surface area contributed by atoms with Crippen molar-refractivity contribution in [1.82, 2.24) is 5.32 Å². The summed E-state index contributed by atoms with van der Waals surface area (Å²) in [5.74, 6) is -0.405. The molecule has 7 heteroatoms. The van der Waals surface area contributed by atoms with Crippen LogP contribution in [0.25, 0.3) is 11.0 Å². The molecule has 1 amide bonds. The number of carbonyl (C=O) groups excluding carboxylic acids is 2. The van der Waals surface area contributed by atoms with Gasteiger partial charge in [-0.25, -0.2) is 14.4 Å². The topological polar surface area (TPSA) is 94.8 Å². The molecule has 0 aliphatic rings. The average molecular weight is 437 g/mol. The highest BCUT2D eigenvalue weighted by atomic mass is 16.6. The van der Waals surface area contributed by atoms with Crippen LogP contribution in [-0.2, 0) is 16.0 Å². The molecule has 1 N–H and O–H groups in total. The molecule has 0 bridgehead atoms. The van der Waals surface area contributed by atoms with E-state index in [0.717, 1.165) is 16.5 Å². The van der Waals surface area contributed by atoms with Crippen molar-refractivity contribution in [2.45, 2.75) is 52.7 Å². The van der Waals surface area contributed by atoms with Crippen LogP contribution in [0.1, 0.15) is 37.5 Å². The Bertz CT molecular complexity index is 1190. The monoisotopic (exact) mass is 437 g/mol. The van der Waals surface area contributed by atoms with Crippen LogP contribution in [0.4, 0.5) is 4.79 Å². The Morgan fingerprint density at radius 1 is 1.06 bits per heavy atom. The Kier molecular flexibility index (Phi) is 6.67. The van der Waals surface area contributed by atoms with Crippen molar-refractivity contribution >= 4 is 23.0 Å². The van der Waals surface area contributed by atoms with Crippen molar-refractivity contribution in [2.75, 3.05) is 0 Å². The number of rotatable bonds is 5. The Labute approximate surface area is 186 Å². The predicted octanol–water partition coefficient (Wildman–Crippen LogP) is 4.45. The molecular formula is C25H27NO6. The van der Waals surface area contributed by atoms with Gasteiger partial charge >= 0.3 is 17.7 Å². The molecule has 168 valence electrons. The van der Waals surface area contributed by atoms with Crippen LogP contribution in [0.5, 0.6) is 5.75 Å². The predicted molar refractivity (Wildman–Crippen MR) is 121 cm³/mol. The lowest BCUT2D eigenvalue weighted by Crippen LogP contribution is -2.46. The molecule has 1 heterocycles. The number of carbonyl (C=O) groups is 2. The van der Waals surface area contributed by atoms with Gasteiger partial charge in [0.25, 0.3) is 0 Å². The van der Waals surface area contributed by atoms with E-state index in [4.69, 9.17) is 13.9 Å². The highest BCUT2D eigenvalue weighted by Gasteiger charge is 2.27. The van der Waals surface area contributed by atoms with Crippen molar-refractivity contribution < 1.29 is 23.5 Å². The molecule has 0 spiro atoms. The highest BCUT2D eigenvalue weighted by molar-refractivity contribution is 5.87. The Morgan fingerprint density at radius 2 is 1.75 bits per heavy atom. The first-order valence-corrected chi connectivity index (χ1v) is 10.3. The number of aryl methyl sites for hydroxylation is 2. The summed E-state index contributed by atoms with van der Waals surface area (Å²) < 4.78 is 16.3. The van der Waals surface area contributed by atoms with E-state index in [1.165, 1.54) is 6.07 Å². The summed E-state index contributed by atoms with van der Waals surface area (Å²) in [6.07, 6.45) is -0.494. The maximum absolute atomic E-state index is 13.1. The summed E-state index contributed by atoms with van der Waals surface area (Å²) in [6.45, 7) is 8.74. The number of ether oxygens (including phenoxy) is 2. The Hall–Kier alpha value is -3.61. The molecule has 0 fully saturated rings. The minimum absolute atomic E-state index is 0.222. The number of alkyl carbamates (subject to hydrolysis) is 1. The summed E-state index contributed by atoms with van der Waals surface area (Å²) in [5, 5.41) is 3.37. The maximum atomic E-state index is 13.1.